The Morgan fingerprint density at radius 2 is 1.58 bits per heavy atom. The van der Waals surface area contributed by atoms with Crippen molar-refractivity contribution in [3.8, 4) is 0 Å². The van der Waals surface area contributed by atoms with Gasteiger partial charge in [-0.05, 0) is 54.9 Å². The monoisotopic (exact) mass is 346 g/mol. The summed E-state index contributed by atoms with van der Waals surface area (Å²) in [5.74, 6) is 0.630. The lowest BCUT2D eigenvalue weighted by atomic mass is 9.68. The van der Waals surface area contributed by atoms with Crippen molar-refractivity contribution in [1.82, 2.24) is 5.43 Å². The number of carbonyl (C=O) groups excluding carboxylic acids is 1. The molecule has 0 unspecified atom stereocenters. The molecule has 2 saturated carbocycles. The van der Waals surface area contributed by atoms with Gasteiger partial charge < -0.3 is 0 Å². The van der Waals surface area contributed by atoms with E-state index in [1.165, 1.54) is 0 Å². The number of nitrogens with zero attached hydrogens (tertiary/aromatic N) is 1. The van der Waals surface area contributed by atoms with Gasteiger partial charge in [-0.1, -0.05) is 62.4 Å². The molecular formula is C23H26N2O. The Bertz CT molecular complexity index is 788. The molecule has 134 valence electrons. The molecule has 0 heterocycles. The predicted octanol–water partition coefficient (Wildman–Crippen LogP) is 5.24. The van der Waals surface area contributed by atoms with Crippen molar-refractivity contribution < 1.29 is 4.79 Å². The highest BCUT2D eigenvalue weighted by molar-refractivity contribution is 5.90. The Hall–Kier alpha value is -2.55. The second-order valence-corrected chi connectivity index (χ2v) is 8.17. The van der Waals surface area contributed by atoms with Crippen molar-refractivity contribution in [2.24, 2.45) is 16.7 Å². The van der Waals surface area contributed by atoms with Gasteiger partial charge in [0.25, 0.3) is 0 Å². The van der Waals surface area contributed by atoms with Crippen molar-refractivity contribution in [2.75, 3.05) is 5.01 Å². The topological polar surface area (TPSA) is 32.3 Å². The van der Waals surface area contributed by atoms with Gasteiger partial charge in [0.2, 0.25) is 5.91 Å². The third-order valence-electron chi connectivity index (χ3n) is 6.57. The van der Waals surface area contributed by atoms with Crippen LogP contribution in [-0.4, -0.2) is 5.91 Å². The molecule has 2 bridgehead atoms. The van der Waals surface area contributed by atoms with Crippen molar-refractivity contribution >= 4 is 17.3 Å². The maximum absolute atomic E-state index is 13.5. The van der Waals surface area contributed by atoms with Crippen molar-refractivity contribution in [1.29, 1.82) is 0 Å². The number of carbonyl (C=O) groups is 1. The van der Waals surface area contributed by atoms with Crippen LogP contribution in [0, 0.1) is 16.7 Å². The van der Waals surface area contributed by atoms with Crippen LogP contribution in [-0.2, 0) is 4.79 Å². The molecule has 0 aliphatic heterocycles. The van der Waals surface area contributed by atoms with Gasteiger partial charge in [0, 0.05) is 0 Å². The number of hydrogen-bond acceptors (Lipinski definition) is 2. The summed E-state index contributed by atoms with van der Waals surface area (Å²) in [6.07, 6.45) is 2.93. The van der Waals surface area contributed by atoms with Crippen LogP contribution in [0.3, 0.4) is 0 Å². The van der Waals surface area contributed by atoms with E-state index in [1.54, 1.807) is 0 Å². The molecule has 3 nitrogen and oxygen atoms in total. The molecule has 2 atom stereocenters. The van der Waals surface area contributed by atoms with Gasteiger partial charge in [-0.25, -0.2) is 0 Å². The van der Waals surface area contributed by atoms with E-state index < -0.39 is 5.41 Å². The summed E-state index contributed by atoms with van der Waals surface area (Å²) in [6, 6.07) is 19.9. The first-order valence-corrected chi connectivity index (χ1v) is 9.36. The number of fused-ring (bicyclic) bond motifs is 2. The zero-order valence-corrected chi connectivity index (χ0v) is 15.5. The highest BCUT2D eigenvalue weighted by atomic mass is 16.2. The number of para-hydroxylation sites is 2. The molecule has 0 aromatic heterocycles. The molecule has 2 aliphatic rings. The van der Waals surface area contributed by atoms with E-state index in [0.29, 0.717) is 5.92 Å². The summed E-state index contributed by atoms with van der Waals surface area (Å²) in [7, 11) is 0. The molecule has 4 rings (SSSR count). The number of benzene rings is 2. The highest BCUT2D eigenvalue weighted by Crippen LogP contribution is 2.65. The first-order chi connectivity index (χ1) is 12.4. The third-order valence-corrected chi connectivity index (χ3v) is 6.57. The molecule has 26 heavy (non-hydrogen) atoms. The SMILES string of the molecule is C=C1C(C)(C)[C@H]2CC[C@@]1(C(=O)NN(c1ccccc1)c1ccccc1)C2. The average Bonchev–Trinajstić information content (AvgIpc) is 3.20. The van der Waals surface area contributed by atoms with Crippen LogP contribution in [0.4, 0.5) is 11.4 Å². The van der Waals surface area contributed by atoms with Gasteiger partial charge in [-0.3, -0.25) is 15.2 Å². The standard InChI is InChI=1S/C23H26N2O/c1-17-22(2,3)18-14-15-23(17,16-18)21(26)24-25(19-10-6-4-7-11-19)20-12-8-5-9-13-20/h4-13,18H,1,14-16H2,2-3H3,(H,24,26)/t18-,23+/m0/s1. The predicted molar refractivity (Wildman–Crippen MR) is 106 cm³/mol. The van der Waals surface area contributed by atoms with Crippen LogP contribution in [0.25, 0.3) is 0 Å². The van der Waals surface area contributed by atoms with Crippen LogP contribution in [0.1, 0.15) is 33.1 Å². The Morgan fingerprint density at radius 3 is 2.04 bits per heavy atom. The Balaban J connectivity index is 1.67. The quantitative estimate of drug-likeness (QED) is 0.606. The summed E-state index contributed by atoms with van der Waals surface area (Å²) in [4.78, 5) is 13.5. The van der Waals surface area contributed by atoms with Gasteiger partial charge in [0.15, 0.2) is 0 Å². The van der Waals surface area contributed by atoms with Crippen molar-refractivity contribution in [3.05, 3.63) is 72.8 Å². The molecule has 2 aromatic carbocycles. The summed E-state index contributed by atoms with van der Waals surface area (Å²) < 4.78 is 0. The van der Waals surface area contributed by atoms with Crippen LogP contribution in [0.15, 0.2) is 72.8 Å². The Labute approximate surface area is 155 Å². The molecule has 2 aliphatic carbocycles. The van der Waals surface area contributed by atoms with E-state index in [0.717, 1.165) is 36.2 Å². The van der Waals surface area contributed by atoms with E-state index in [2.05, 4.69) is 25.9 Å². The zero-order valence-electron chi connectivity index (χ0n) is 15.5. The molecule has 1 amide bonds. The molecule has 0 saturated heterocycles. The van der Waals surface area contributed by atoms with E-state index in [9.17, 15) is 4.79 Å². The number of anilines is 2. The molecule has 2 aromatic rings. The van der Waals surface area contributed by atoms with Gasteiger partial charge in [-0.2, -0.15) is 0 Å². The van der Waals surface area contributed by atoms with E-state index >= 15 is 0 Å². The highest BCUT2D eigenvalue weighted by Gasteiger charge is 2.61. The van der Waals surface area contributed by atoms with Crippen LogP contribution < -0.4 is 10.4 Å². The molecule has 0 spiro atoms. The number of hydrogen-bond donors (Lipinski definition) is 1. The lowest BCUT2D eigenvalue weighted by Crippen LogP contribution is -2.48. The summed E-state index contributed by atoms with van der Waals surface area (Å²) in [5, 5.41) is 1.89. The number of nitrogens with one attached hydrogen (secondary N) is 1. The van der Waals surface area contributed by atoms with Crippen molar-refractivity contribution in [2.45, 2.75) is 33.1 Å². The van der Waals surface area contributed by atoms with Gasteiger partial charge in [0.05, 0.1) is 16.8 Å². The minimum absolute atomic E-state index is 0.0416. The largest absolute Gasteiger partial charge is 0.272 e. The molecular weight excluding hydrogens is 320 g/mol. The fraction of sp³-hybridized carbons (Fsp3) is 0.348. The Morgan fingerprint density at radius 1 is 1.04 bits per heavy atom. The van der Waals surface area contributed by atoms with Gasteiger partial charge >= 0.3 is 0 Å². The van der Waals surface area contributed by atoms with Crippen LogP contribution in [0.5, 0.6) is 0 Å². The second kappa shape index (κ2) is 6.01. The first-order valence-electron chi connectivity index (χ1n) is 9.36. The van der Waals surface area contributed by atoms with E-state index in [-0.39, 0.29) is 11.3 Å². The summed E-state index contributed by atoms with van der Waals surface area (Å²) >= 11 is 0. The van der Waals surface area contributed by atoms with Gasteiger partial charge in [-0.15, -0.1) is 0 Å². The smallest absolute Gasteiger partial charge is 0.249 e. The molecule has 1 N–H and O–H groups in total. The first kappa shape index (κ1) is 16.9. The summed E-state index contributed by atoms with van der Waals surface area (Å²) in [6.45, 7) is 8.83. The van der Waals surface area contributed by atoms with Gasteiger partial charge in [0.1, 0.15) is 0 Å². The fourth-order valence-electron chi connectivity index (χ4n) is 4.78. The fourth-order valence-corrected chi connectivity index (χ4v) is 4.78. The number of hydrazine groups is 1. The normalized spacial score (nSPS) is 25.9. The minimum Gasteiger partial charge on any atom is -0.272 e. The van der Waals surface area contributed by atoms with E-state index in [1.807, 2.05) is 65.7 Å². The maximum Gasteiger partial charge on any atom is 0.249 e. The lowest BCUT2D eigenvalue weighted by molar-refractivity contribution is -0.128. The number of rotatable bonds is 4. The number of amides is 1. The lowest BCUT2D eigenvalue weighted by Gasteiger charge is -2.38. The van der Waals surface area contributed by atoms with Crippen LogP contribution in [0.2, 0.25) is 0 Å². The van der Waals surface area contributed by atoms with Crippen LogP contribution >= 0.6 is 0 Å². The second-order valence-electron chi connectivity index (χ2n) is 8.17. The summed E-state index contributed by atoms with van der Waals surface area (Å²) in [5.41, 5.74) is 5.81. The Kier molecular flexibility index (Phi) is 3.91. The minimum atomic E-state index is -0.435. The van der Waals surface area contributed by atoms with E-state index in [4.69, 9.17) is 0 Å². The molecule has 2 fully saturated rings. The average molecular weight is 346 g/mol. The van der Waals surface area contributed by atoms with Crippen molar-refractivity contribution in [3.63, 3.8) is 0 Å². The zero-order chi connectivity index (χ0) is 18.4. The maximum atomic E-state index is 13.5. The molecule has 0 radical (unpaired) electrons. The third kappa shape index (κ3) is 2.45. The molecule has 3 heteroatoms.